The maximum atomic E-state index is 4.65. The molecular weight excluding hydrogens is 236 g/mol. The van der Waals surface area contributed by atoms with E-state index < -0.39 is 0 Å². The van der Waals surface area contributed by atoms with E-state index in [0.29, 0.717) is 6.04 Å². The minimum atomic E-state index is 0.656. The Balaban J connectivity index is 1.94. The molecule has 1 fully saturated rings. The lowest BCUT2D eigenvalue weighted by Gasteiger charge is -2.35. The van der Waals surface area contributed by atoms with Gasteiger partial charge < -0.3 is 10.2 Å². The Kier molecular flexibility index (Phi) is 5.16. The third-order valence-electron chi connectivity index (χ3n) is 3.80. The summed E-state index contributed by atoms with van der Waals surface area (Å²) in [7, 11) is 4.43. The number of piperidine rings is 1. The van der Waals surface area contributed by atoms with Crippen LogP contribution in [0.1, 0.15) is 25.5 Å². The van der Waals surface area contributed by atoms with Crippen molar-refractivity contribution in [2.24, 2.45) is 0 Å². The molecular formula is C15H26N4. The molecule has 0 amide bonds. The molecule has 0 saturated carbocycles. The number of nitrogens with one attached hydrogen (secondary N) is 1. The highest BCUT2D eigenvalue weighted by molar-refractivity contribution is 5.34. The second kappa shape index (κ2) is 6.87. The van der Waals surface area contributed by atoms with Crippen molar-refractivity contribution in [2.45, 2.75) is 32.4 Å². The third-order valence-corrected chi connectivity index (χ3v) is 3.80. The average molecular weight is 262 g/mol. The van der Waals surface area contributed by atoms with Crippen LogP contribution in [0.2, 0.25) is 0 Å². The SMILES string of the molecule is CCNc1cccc(CN(C)C2CCCN(C)C2)n1. The Morgan fingerprint density at radius 3 is 3.05 bits per heavy atom. The van der Waals surface area contributed by atoms with Gasteiger partial charge in [0, 0.05) is 25.7 Å². The zero-order valence-electron chi connectivity index (χ0n) is 12.4. The summed E-state index contributed by atoms with van der Waals surface area (Å²) in [6.45, 7) is 6.34. The number of likely N-dealkylation sites (N-methyl/N-ethyl adjacent to an activating group) is 2. The Hall–Kier alpha value is -1.13. The summed E-state index contributed by atoms with van der Waals surface area (Å²) in [6, 6.07) is 6.88. The summed E-state index contributed by atoms with van der Waals surface area (Å²) in [5, 5.41) is 3.27. The number of pyridine rings is 1. The molecule has 2 rings (SSSR count). The van der Waals surface area contributed by atoms with Gasteiger partial charge >= 0.3 is 0 Å². The monoisotopic (exact) mass is 262 g/mol. The molecule has 0 bridgehead atoms. The van der Waals surface area contributed by atoms with Crippen LogP contribution in [-0.2, 0) is 6.54 Å². The van der Waals surface area contributed by atoms with Gasteiger partial charge in [-0.15, -0.1) is 0 Å². The average Bonchev–Trinajstić information content (AvgIpc) is 2.39. The highest BCUT2D eigenvalue weighted by Gasteiger charge is 2.21. The molecule has 1 unspecified atom stereocenters. The minimum Gasteiger partial charge on any atom is -0.370 e. The van der Waals surface area contributed by atoms with E-state index in [4.69, 9.17) is 0 Å². The standard InChI is InChI=1S/C15H26N4/c1-4-16-15-9-5-7-13(17-15)11-19(3)14-8-6-10-18(2)12-14/h5,7,9,14H,4,6,8,10-12H2,1-3H3,(H,16,17). The van der Waals surface area contributed by atoms with Gasteiger partial charge in [-0.3, -0.25) is 4.90 Å². The molecule has 1 saturated heterocycles. The largest absolute Gasteiger partial charge is 0.370 e. The number of aromatic nitrogens is 1. The first-order chi connectivity index (χ1) is 9.19. The van der Waals surface area contributed by atoms with Gasteiger partial charge in [0.15, 0.2) is 0 Å². The summed E-state index contributed by atoms with van der Waals surface area (Å²) < 4.78 is 0. The van der Waals surface area contributed by atoms with E-state index in [0.717, 1.165) is 24.6 Å². The normalized spacial score (nSPS) is 20.7. The lowest BCUT2D eigenvalue weighted by atomic mass is 10.0. The molecule has 106 valence electrons. The van der Waals surface area contributed by atoms with E-state index in [2.05, 4.69) is 53.3 Å². The third kappa shape index (κ3) is 4.18. The molecule has 1 aliphatic heterocycles. The molecule has 4 heteroatoms. The van der Waals surface area contributed by atoms with Gasteiger partial charge in [0.25, 0.3) is 0 Å². The van der Waals surface area contributed by atoms with Gasteiger partial charge in [-0.05, 0) is 52.5 Å². The van der Waals surface area contributed by atoms with Crippen molar-refractivity contribution >= 4 is 5.82 Å². The number of hydrogen-bond acceptors (Lipinski definition) is 4. The van der Waals surface area contributed by atoms with Crippen molar-refractivity contribution in [3.8, 4) is 0 Å². The van der Waals surface area contributed by atoms with E-state index >= 15 is 0 Å². The Morgan fingerprint density at radius 1 is 1.47 bits per heavy atom. The zero-order valence-corrected chi connectivity index (χ0v) is 12.4. The fourth-order valence-electron chi connectivity index (χ4n) is 2.73. The van der Waals surface area contributed by atoms with Crippen molar-refractivity contribution < 1.29 is 0 Å². The van der Waals surface area contributed by atoms with E-state index in [1.165, 1.54) is 25.9 Å². The van der Waals surface area contributed by atoms with Crippen molar-refractivity contribution in [3.63, 3.8) is 0 Å². The molecule has 1 aromatic heterocycles. The minimum absolute atomic E-state index is 0.656. The van der Waals surface area contributed by atoms with E-state index in [1.807, 2.05) is 6.07 Å². The quantitative estimate of drug-likeness (QED) is 0.880. The smallest absolute Gasteiger partial charge is 0.126 e. The number of nitrogens with zero attached hydrogens (tertiary/aromatic N) is 3. The summed E-state index contributed by atoms with van der Waals surface area (Å²) in [6.07, 6.45) is 2.60. The van der Waals surface area contributed by atoms with Crippen molar-refractivity contribution in [3.05, 3.63) is 23.9 Å². The Morgan fingerprint density at radius 2 is 2.32 bits per heavy atom. The summed E-state index contributed by atoms with van der Waals surface area (Å²) in [5.41, 5.74) is 1.15. The van der Waals surface area contributed by atoms with Crippen LogP contribution in [-0.4, -0.2) is 54.6 Å². The summed E-state index contributed by atoms with van der Waals surface area (Å²) in [4.78, 5) is 9.51. The molecule has 1 aromatic rings. The van der Waals surface area contributed by atoms with Crippen LogP contribution < -0.4 is 5.32 Å². The van der Waals surface area contributed by atoms with Crippen LogP contribution in [0, 0.1) is 0 Å². The first-order valence-electron chi connectivity index (χ1n) is 7.27. The van der Waals surface area contributed by atoms with E-state index in [1.54, 1.807) is 0 Å². The molecule has 2 heterocycles. The van der Waals surface area contributed by atoms with Gasteiger partial charge in [-0.25, -0.2) is 4.98 Å². The first kappa shape index (κ1) is 14.3. The molecule has 1 atom stereocenters. The lowest BCUT2D eigenvalue weighted by Crippen LogP contribution is -2.44. The topological polar surface area (TPSA) is 31.4 Å². The van der Waals surface area contributed by atoms with Gasteiger partial charge in [0.2, 0.25) is 0 Å². The van der Waals surface area contributed by atoms with Crippen LogP contribution in [0.15, 0.2) is 18.2 Å². The highest BCUT2D eigenvalue weighted by Crippen LogP contribution is 2.15. The molecule has 19 heavy (non-hydrogen) atoms. The highest BCUT2D eigenvalue weighted by atomic mass is 15.2. The predicted octanol–water partition coefficient (Wildman–Crippen LogP) is 2.04. The van der Waals surface area contributed by atoms with Gasteiger partial charge in [0.1, 0.15) is 5.82 Å². The lowest BCUT2D eigenvalue weighted by molar-refractivity contribution is 0.128. The summed E-state index contributed by atoms with van der Waals surface area (Å²) >= 11 is 0. The van der Waals surface area contributed by atoms with Gasteiger partial charge in [-0.1, -0.05) is 6.07 Å². The second-order valence-corrected chi connectivity index (χ2v) is 5.52. The molecule has 0 radical (unpaired) electrons. The van der Waals surface area contributed by atoms with Crippen molar-refractivity contribution in [1.29, 1.82) is 0 Å². The van der Waals surface area contributed by atoms with E-state index in [9.17, 15) is 0 Å². The predicted molar refractivity (Wildman–Crippen MR) is 80.4 cm³/mol. The Bertz CT molecular complexity index is 393. The molecule has 4 nitrogen and oxygen atoms in total. The number of anilines is 1. The maximum Gasteiger partial charge on any atom is 0.126 e. The number of likely N-dealkylation sites (tertiary alicyclic amines) is 1. The van der Waals surface area contributed by atoms with Crippen LogP contribution in [0.4, 0.5) is 5.82 Å². The summed E-state index contributed by atoms with van der Waals surface area (Å²) in [5.74, 6) is 0.981. The molecule has 1 aliphatic rings. The van der Waals surface area contributed by atoms with Crippen LogP contribution in [0.25, 0.3) is 0 Å². The number of hydrogen-bond donors (Lipinski definition) is 1. The van der Waals surface area contributed by atoms with Gasteiger partial charge in [-0.2, -0.15) is 0 Å². The van der Waals surface area contributed by atoms with Crippen LogP contribution in [0.3, 0.4) is 0 Å². The molecule has 1 N–H and O–H groups in total. The van der Waals surface area contributed by atoms with Crippen molar-refractivity contribution in [1.82, 2.24) is 14.8 Å². The maximum absolute atomic E-state index is 4.65. The molecule has 0 aromatic carbocycles. The first-order valence-corrected chi connectivity index (χ1v) is 7.27. The van der Waals surface area contributed by atoms with Crippen molar-refractivity contribution in [2.75, 3.05) is 39.0 Å². The van der Waals surface area contributed by atoms with Gasteiger partial charge in [0.05, 0.1) is 5.69 Å². The second-order valence-electron chi connectivity index (χ2n) is 5.52. The van der Waals surface area contributed by atoms with E-state index in [-0.39, 0.29) is 0 Å². The Labute approximate surface area is 116 Å². The molecule has 0 aliphatic carbocycles. The fourth-order valence-corrected chi connectivity index (χ4v) is 2.73. The number of rotatable bonds is 5. The fraction of sp³-hybridized carbons (Fsp3) is 0.667. The van der Waals surface area contributed by atoms with Crippen LogP contribution in [0.5, 0.6) is 0 Å². The zero-order chi connectivity index (χ0) is 13.7. The van der Waals surface area contributed by atoms with Crippen LogP contribution >= 0.6 is 0 Å². The molecule has 0 spiro atoms.